The van der Waals surface area contributed by atoms with E-state index in [9.17, 15) is 15.0 Å². The summed E-state index contributed by atoms with van der Waals surface area (Å²) < 4.78 is 12.1. The van der Waals surface area contributed by atoms with Crippen molar-refractivity contribution in [2.24, 2.45) is 22.7 Å². The van der Waals surface area contributed by atoms with Gasteiger partial charge in [0.15, 0.2) is 17.8 Å². The number of rotatable bonds is 3. The second-order valence-corrected chi connectivity index (χ2v) is 10.7. The highest BCUT2D eigenvalue weighted by Crippen LogP contribution is 2.75. The van der Waals surface area contributed by atoms with Gasteiger partial charge in [0.25, 0.3) is 0 Å². The molecule has 2 N–H and O–H groups in total. The van der Waals surface area contributed by atoms with Crippen molar-refractivity contribution < 1.29 is 24.5 Å². The first-order valence-electron chi connectivity index (χ1n) is 11.8. The van der Waals surface area contributed by atoms with Crippen molar-refractivity contribution in [3.05, 3.63) is 17.2 Å². The summed E-state index contributed by atoms with van der Waals surface area (Å²) in [7, 11) is 1.48. The zero-order valence-corrected chi connectivity index (χ0v) is 20.2. The van der Waals surface area contributed by atoms with E-state index in [0.717, 1.165) is 12.8 Å². The molecule has 2 aliphatic carbocycles. The number of hydrogen-bond acceptors (Lipinski definition) is 5. The van der Waals surface area contributed by atoms with E-state index >= 15 is 0 Å². The molecule has 174 valence electrons. The maximum absolute atomic E-state index is 11.6. The molecule has 2 saturated carbocycles. The van der Waals surface area contributed by atoms with Crippen LogP contribution in [0.2, 0.25) is 0 Å². The van der Waals surface area contributed by atoms with Gasteiger partial charge < -0.3 is 19.7 Å². The van der Waals surface area contributed by atoms with Crippen molar-refractivity contribution in [2.45, 2.75) is 91.8 Å². The quantitative estimate of drug-likeness (QED) is 0.328. The van der Waals surface area contributed by atoms with E-state index in [0.29, 0.717) is 29.4 Å². The average molecular weight is 433 g/mol. The van der Waals surface area contributed by atoms with Gasteiger partial charge in [0.1, 0.15) is 23.0 Å². The number of fused-ring (bicyclic) bond motifs is 2. The standard InChI is InChI=1S/C23H32O5.C3H8/c1-13-7-8-17-21(2,3)9-6-10-22(17,4)23(13)20(28-23)14-11-16(25)18(26)15(12-24)19(14)27-5;1-3-2/h11-13,17,20,25-26H,6-10H2,1-5H3;3H2,1-2H3. The van der Waals surface area contributed by atoms with Crippen LogP contribution in [0.3, 0.4) is 0 Å². The van der Waals surface area contributed by atoms with Crippen LogP contribution in [0.4, 0.5) is 0 Å². The lowest BCUT2D eigenvalue weighted by Crippen LogP contribution is -2.56. The number of phenols is 2. The van der Waals surface area contributed by atoms with E-state index in [-0.39, 0.29) is 33.8 Å². The molecular formula is C26H40O5. The van der Waals surface area contributed by atoms with Crippen LogP contribution < -0.4 is 4.74 Å². The molecule has 4 rings (SSSR count). The number of aldehydes is 1. The third kappa shape index (κ3) is 3.44. The molecule has 0 radical (unpaired) electrons. The minimum Gasteiger partial charge on any atom is -0.504 e. The maximum Gasteiger partial charge on any atom is 0.171 e. The van der Waals surface area contributed by atoms with E-state index < -0.39 is 5.75 Å². The molecule has 31 heavy (non-hydrogen) atoms. The number of carbonyl (C=O) groups excluding carboxylic acids is 1. The van der Waals surface area contributed by atoms with Gasteiger partial charge in [-0.15, -0.1) is 0 Å². The lowest BCUT2D eigenvalue weighted by Gasteiger charge is -2.58. The fourth-order valence-electron chi connectivity index (χ4n) is 6.97. The van der Waals surface area contributed by atoms with Crippen molar-refractivity contribution in [2.75, 3.05) is 7.11 Å². The molecule has 0 bridgehead atoms. The van der Waals surface area contributed by atoms with Crippen LogP contribution in [0.15, 0.2) is 6.07 Å². The maximum atomic E-state index is 11.6. The van der Waals surface area contributed by atoms with Gasteiger partial charge in [-0.3, -0.25) is 4.79 Å². The summed E-state index contributed by atoms with van der Waals surface area (Å²) in [4.78, 5) is 11.6. The molecule has 1 heterocycles. The number of aromatic hydroxyl groups is 2. The summed E-state index contributed by atoms with van der Waals surface area (Å²) in [5.41, 5.74) is 0.613. The minimum atomic E-state index is -0.440. The monoisotopic (exact) mass is 432 g/mol. The fraction of sp³-hybridized carbons (Fsp3) is 0.731. The molecule has 3 aliphatic rings. The normalized spacial score (nSPS) is 35.5. The third-order valence-electron chi connectivity index (χ3n) is 8.29. The summed E-state index contributed by atoms with van der Waals surface area (Å²) in [5.74, 6) is 0.493. The molecule has 1 aromatic rings. The predicted molar refractivity (Wildman–Crippen MR) is 122 cm³/mol. The zero-order valence-electron chi connectivity index (χ0n) is 20.2. The van der Waals surface area contributed by atoms with Gasteiger partial charge in [0.05, 0.1) is 7.11 Å². The second kappa shape index (κ2) is 8.31. The summed E-state index contributed by atoms with van der Waals surface area (Å²) in [6, 6.07) is 1.51. The Morgan fingerprint density at radius 1 is 1.19 bits per heavy atom. The van der Waals surface area contributed by atoms with Crippen LogP contribution in [0.1, 0.15) is 102 Å². The first-order chi connectivity index (χ1) is 14.6. The Morgan fingerprint density at radius 2 is 1.84 bits per heavy atom. The number of phenolic OH excluding ortho intramolecular Hbond substituents is 2. The topological polar surface area (TPSA) is 79.3 Å². The number of carbonyl (C=O) groups is 1. The minimum absolute atomic E-state index is 0.0164. The van der Waals surface area contributed by atoms with E-state index in [1.54, 1.807) is 0 Å². The summed E-state index contributed by atoms with van der Waals surface area (Å²) in [5, 5.41) is 20.3. The van der Waals surface area contributed by atoms with Gasteiger partial charge >= 0.3 is 0 Å². The molecule has 0 aromatic heterocycles. The van der Waals surface area contributed by atoms with E-state index in [2.05, 4.69) is 41.5 Å². The Balaban J connectivity index is 0.000000858. The smallest absolute Gasteiger partial charge is 0.171 e. The second-order valence-electron chi connectivity index (χ2n) is 10.7. The van der Waals surface area contributed by atoms with E-state index in [4.69, 9.17) is 9.47 Å². The molecular weight excluding hydrogens is 392 g/mol. The lowest BCUT2D eigenvalue weighted by atomic mass is 9.45. The molecule has 5 heteroatoms. The van der Waals surface area contributed by atoms with E-state index in [1.807, 2.05) is 0 Å². The lowest BCUT2D eigenvalue weighted by molar-refractivity contribution is -0.108. The number of epoxide rings is 1. The highest BCUT2D eigenvalue weighted by atomic mass is 16.6. The Bertz CT molecular complexity index is 832. The molecule has 1 aliphatic heterocycles. The third-order valence-corrected chi connectivity index (χ3v) is 8.29. The van der Waals surface area contributed by atoms with Crippen LogP contribution in [0.25, 0.3) is 0 Å². The molecule has 1 spiro atoms. The van der Waals surface area contributed by atoms with Gasteiger partial charge in [-0.2, -0.15) is 0 Å². The zero-order chi connectivity index (χ0) is 23.2. The van der Waals surface area contributed by atoms with Crippen LogP contribution >= 0.6 is 0 Å². The Hall–Kier alpha value is -1.75. The Kier molecular flexibility index (Phi) is 6.41. The van der Waals surface area contributed by atoms with Crippen molar-refractivity contribution in [3.63, 3.8) is 0 Å². The summed E-state index contributed by atoms with van der Waals surface area (Å²) in [6.07, 6.45) is 7.39. The molecule has 3 fully saturated rings. The van der Waals surface area contributed by atoms with Gasteiger partial charge in [0.2, 0.25) is 0 Å². The molecule has 5 atom stereocenters. The number of benzene rings is 1. The van der Waals surface area contributed by atoms with Gasteiger partial charge in [-0.05, 0) is 49.0 Å². The van der Waals surface area contributed by atoms with Gasteiger partial charge in [-0.25, -0.2) is 0 Å². The fourth-order valence-corrected chi connectivity index (χ4v) is 6.97. The molecule has 5 unspecified atom stereocenters. The van der Waals surface area contributed by atoms with Crippen LogP contribution in [0.5, 0.6) is 17.2 Å². The van der Waals surface area contributed by atoms with Gasteiger partial charge in [0, 0.05) is 11.0 Å². The number of methoxy groups -OCH3 is 1. The van der Waals surface area contributed by atoms with Crippen molar-refractivity contribution in [1.29, 1.82) is 0 Å². The van der Waals surface area contributed by atoms with E-state index in [1.165, 1.54) is 38.9 Å². The predicted octanol–water partition coefficient (Wildman–Crippen LogP) is 6.41. The molecule has 0 amide bonds. The number of hydrogen-bond donors (Lipinski definition) is 2. The SMILES string of the molecule is CCC.COc1c(C2OC23C(C)CCC2C(C)(C)CCCC23C)cc(O)c(O)c1C=O. The van der Waals surface area contributed by atoms with Crippen molar-refractivity contribution in [3.8, 4) is 17.2 Å². The van der Waals surface area contributed by atoms with Crippen LogP contribution in [-0.4, -0.2) is 29.2 Å². The van der Waals surface area contributed by atoms with Gasteiger partial charge in [-0.1, -0.05) is 54.4 Å². The Morgan fingerprint density at radius 3 is 2.42 bits per heavy atom. The molecule has 5 nitrogen and oxygen atoms in total. The molecule has 1 aromatic carbocycles. The highest BCUT2D eigenvalue weighted by molar-refractivity contribution is 5.86. The Labute approximate surface area is 187 Å². The largest absolute Gasteiger partial charge is 0.504 e. The summed E-state index contributed by atoms with van der Waals surface area (Å²) in [6.45, 7) is 13.7. The first-order valence-corrected chi connectivity index (χ1v) is 11.8. The first kappa shape index (κ1) is 23.9. The van der Waals surface area contributed by atoms with Crippen molar-refractivity contribution in [1.82, 2.24) is 0 Å². The highest BCUT2D eigenvalue weighted by Gasteiger charge is 2.75. The number of ether oxygens (including phenoxy) is 2. The molecule has 1 saturated heterocycles. The van der Waals surface area contributed by atoms with Crippen molar-refractivity contribution >= 4 is 6.29 Å². The average Bonchev–Trinajstić information content (AvgIpc) is 3.45. The summed E-state index contributed by atoms with van der Waals surface area (Å²) >= 11 is 0. The van der Waals surface area contributed by atoms with Crippen LogP contribution in [0, 0.1) is 22.7 Å². The van der Waals surface area contributed by atoms with Crippen LogP contribution in [-0.2, 0) is 4.74 Å².